The minimum Gasteiger partial charge on any atom is -0.497 e. The van der Waals surface area contributed by atoms with E-state index in [1.165, 1.54) is 5.56 Å². The number of methoxy groups -OCH3 is 1. The van der Waals surface area contributed by atoms with Crippen LogP contribution in [0.1, 0.15) is 42.6 Å². The lowest BCUT2D eigenvalue weighted by Crippen LogP contribution is -2.25. The molecular weight excluding hydrogens is 260 g/mol. The summed E-state index contributed by atoms with van der Waals surface area (Å²) in [6, 6.07) is 17.5. The van der Waals surface area contributed by atoms with Crippen molar-refractivity contribution in [3.63, 3.8) is 0 Å². The molecule has 0 heterocycles. The van der Waals surface area contributed by atoms with Crippen molar-refractivity contribution >= 4 is 5.78 Å². The molecule has 21 heavy (non-hydrogen) atoms. The number of rotatable bonds is 6. The maximum atomic E-state index is 12.5. The first-order valence-corrected chi connectivity index (χ1v) is 7.32. The first-order chi connectivity index (χ1) is 10.1. The highest BCUT2D eigenvalue weighted by Gasteiger charge is 2.28. The van der Waals surface area contributed by atoms with Crippen LogP contribution in [0.3, 0.4) is 0 Å². The smallest absolute Gasteiger partial charge is 0.163 e. The van der Waals surface area contributed by atoms with Gasteiger partial charge in [0.15, 0.2) is 5.78 Å². The highest BCUT2D eigenvalue weighted by atomic mass is 16.5. The quantitative estimate of drug-likeness (QED) is 0.722. The van der Waals surface area contributed by atoms with Crippen LogP contribution in [0.4, 0.5) is 0 Å². The minimum absolute atomic E-state index is 0.154. The van der Waals surface area contributed by atoms with Gasteiger partial charge in [0.25, 0.3) is 0 Å². The second-order valence-corrected chi connectivity index (χ2v) is 5.61. The number of hydrogen-bond acceptors (Lipinski definition) is 2. The van der Waals surface area contributed by atoms with E-state index in [1.54, 1.807) is 7.11 Å². The van der Waals surface area contributed by atoms with Gasteiger partial charge in [-0.05, 0) is 29.5 Å². The van der Waals surface area contributed by atoms with Gasteiger partial charge in [0.2, 0.25) is 0 Å². The van der Waals surface area contributed by atoms with Crippen LogP contribution >= 0.6 is 0 Å². The van der Waals surface area contributed by atoms with Gasteiger partial charge in [-0.1, -0.05) is 56.3 Å². The highest BCUT2D eigenvalue weighted by molar-refractivity contribution is 5.96. The van der Waals surface area contributed by atoms with Gasteiger partial charge < -0.3 is 4.74 Å². The standard InChI is InChI=1S/C19H22O2/c1-4-19(2,16-10-12-17(21-3)13-11-16)14-18(20)15-8-6-5-7-9-15/h5-13H,4,14H2,1-3H3. The van der Waals surface area contributed by atoms with Crippen molar-refractivity contribution in [1.82, 2.24) is 0 Å². The highest BCUT2D eigenvalue weighted by Crippen LogP contribution is 2.33. The molecule has 0 saturated heterocycles. The van der Waals surface area contributed by atoms with Gasteiger partial charge >= 0.3 is 0 Å². The van der Waals surface area contributed by atoms with Crippen LogP contribution in [-0.4, -0.2) is 12.9 Å². The molecule has 0 aliphatic heterocycles. The molecule has 2 nitrogen and oxygen atoms in total. The van der Waals surface area contributed by atoms with E-state index in [0.29, 0.717) is 6.42 Å². The van der Waals surface area contributed by atoms with Gasteiger partial charge in [-0.2, -0.15) is 0 Å². The molecular formula is C19H22O2. The van der Waals surface area contributed by atoms with Crippen LogP contribution in [0.2, 0.25) is 0 Å². The maximum absolute atomic E-state index is 12.5. The lowest BCUT2D eigenvalue weighted by atomic mass is 9.75. The summed E-state index contributed by atoms with van der Waals surface area (Å²) >= 11 is 0. The predicted molar refractivity (Wildman–Crippen MR) is 86.0 cm³/mol. The first kappa shape index (κ1) is 15.3. The second-order valence-electron chi connectivity index (χ2n) is 5.61. The summed E-state index contributed by atoms with van der Waals surface area (Å²) in [4.78, 5) is 12.5. The molecule has 0 amide bonds. The largest absolute Gasteiger partial charge is 0.497 e. The third-order valence-electron chi connectivity index (χ3n) is 4.21. The van der Waals surface area contributed by atoms with Crippen LogP contribution in [0, 0.1) is 0 Å². The molecule has 0 N–H and O–H groups in total. The Balaban J connectivity index is 2.22. The van der Waals surface area contributed by atoms with E-state index in [-0.39, 0.29) is 11.2 Å². The molecule has 2 rings (SSSR count). The van der Waals surface area contributed by atoms with Crippen molar-refractivity contribution in [2.75, 3.05) is 7.11 Å². The average Bonchev–Trinajstić information content (AvgIpc) is 2.55. The molecule has 0 saturated carbocycles. The number of ketones is 1. The zero-order valence-electron chi connectivity index (χ0n) is 12.9. The van der Waals surface area contributed by atoms with Gasteiger partial charge in [0.1, 0.15) is 5.75 Å². The van der Waals surface area contributed by atoms with Gasteiger partial charge in [-0.25, -0.2) is 0 Å². The Bertz CT molecular complexity index is 587. The monoisotopic (exact) mass is 282 g/mol. The first-order valence-electron chi connectivity index (χ1n) is 7.32. The van der Waals surface area contributed by atoms with Gasteiger partial charge in [0, 0.05) is 12.0 Å². The number of Topliss-reactive ketones (excluding diaryl/α,β-unsaturated/α-hetero) is 1. The summed E-state index contributed by atoms with van der Waals surface area (Å²) in [6.45, 7) is 4.28. The normalized spacial score (nSPS) is 13.5. The van der Waals surface area contributed by atoms with Crippen LogP contribution in [0.5, 0.6) is 5.75 Å². The summed E-state index contributed by atoms with van der Waals surface area (Å²) in [5, 5.41) is 0. The van der Waals surface area contributed by atoms with E-state index in [2.05, 4.69) is 26.0 Å². The van der Waals surface area contributed by atoms with E-state index in [4.69, 9.17) is 4.74 Å². The van der Waals surface area contributed by atoms with Crippen molar-refractivity contribution < 1.29 is 9.53 Å². The van der Waals surface area contributed by atoms with E-state index in [9.17, 15) is 4.79 Å². The predicted octanol–water partition coefficient (Wildman–Crippen LogP) is 4.64. The van der Waals surface area contributed by atoms with Gasteiger partial charge in [-0.15, -0.1) is 0 Å². The van der Waals surface area contributed by atoms with E-state index in [1.807, 2.05) is 42.5 Å². The molecule has 0 bridgehead atoms. The maximum Gasteiger partial charge on any atom is 0.163 e. The molecule has 110 valence electrons. The van der Waals surface area contributed by atoms with Crippen LogP contribution in [0.15, 0.2) is 54.6 Å². The lowest BCUT2D eigenvalue weighted by Gasteiger charge is -2.28. The fraction of sp³-hybridized carbons (Fsp3) is 0.316. The SMILES string of the molecule is CCC(C)(CC(=O)c1ccccc1)c1ccc(OC)cc1. The Morgan fingerprint density at radius 1 is 1.05 bits per heavy atom. The Kier molecular flexibility index (Phi) is 4.79. The van der Waals surface area contributed by atoms with E-state index in [0.717, 1.165) is 17.7 Å². The lowest BCUT2D eigenvalue weighted by molar-refractivity contribution is 0.0952. The molecule has 2 aromatic rings. The zero-order chi connectivity index (χ0) is 15.3. The second kappa shape index (κ2) is 6.57. The van der Waals surface area contributed by atoms with Crippen molar-refractivity contribution in [2.24, 2.45) is 0 Å². The minimum atomic E-state index is -0.154. The number of benzene rings is 2. The molecule has 0 aliphatic rings. The molecule has 2 heteroatoms. The Morgan fingerprint density at radius 3 is 2.19 bits per heavy atom. The van der Waals surface area contributed by atoms with E-state index < -0.39 is 0 Å². The van der Waals surface area contributed by atoms with E-state index >= 15 is 0 Å². The third-order valence-corrected chi connectivity index (χ3v) is 4.21. The fourth-order valence-corrected chi connectivity index (χ4v) is 2.51. The Morgan fingerprint density at radius 2 is 1.67 bits per heavy atom. The molecule has 1 unspecified atom stereocenters. The third kappa shape index (κ3) is 3.52. The molecule has 0 radical (unpaired) electrons. The van der Waals surface area contributed by atoms with Crippen LogP contribution in [-0.2, 0) is 5.41 Å². The number of hydrogen-bond donors (Lipinski definition) is 0. The van der Waals surface area contributed by atoms with Crippen molar-refractivity contribution in [3.8, 4) is 5.75 Å². The average molecular weight is 282 g/mol. The summed E-state index contributed by atoms with van der Waals surface area (Å²) in [5.41, 5.74) is 1.81. The number of ether oxygens (including phenoxy) is 1. The molecule has 0 aliphatic carbocycles. The molecule has 0 fully saturated rings. The van der Waals surface area contributed by atoms with Crippen molar-refractivity contribution in [3.05, 3.63) is 65.7 Å². The fourth-order valence-electron chi connectivity index (χ4n) is 2.51. The van der Waals surface area contributed by atoms with Crippen LogP contribution < -0.4 is 4.74 Å². The summed E-state index contributed by atoms with van der Waals surface area (Å²) in [7, 11) is 1.66. The van der Waals surface area contributed by atoms with Crippen LogP contribution in [0.25, 0.3) is 0 Å². The van der Waals surface area contributed by atoms with Crippen molar-refractivity contribution in [2.45, 2.75) is 32.1 Å². The topological polar surface area (TPSA) is 26.3 Å². The van der Waals surface area contributed by atoms with Gasteiger partial charge in [-0.3, -0.25) is 4.79 Å². The summed E-state index contributed by atoms with van der Waals surface area (Å²) < 4.78 is 5.20. The van der Waals surface area contributed by atoms with Gasteiger partial charge in [0.05, 0.1) is 7.11 Å². The molecule has 0 spiro atoms. The van der Waals surface area contributed by atoms with Crippen molar-refractivity contribution in [1.29, 1.82) is 0 Å². The zero-order valence-corrected chi connectivity index (χ0v) is 12.9. The molecule has 1 atom stereocenters. The molecule has 2 aromatic carbocycles. The number of carbonyl (C=O) groups excluding carboxylic acids is 1. The summed E-state index contributed by atoms with van der Waals surface area (Å²) in [5.74, 6) is 1.03. The number of carbonyl (C=O) groups is 1. The Labute approximate surface area is 126 Å². The Hall–Kier alpha value is -2.09. The summed E-state index contributed by atoms with van der Waals surface area (Å²) in [6.07, 6.45) is 1.43. The molecule has 0 aromatic heterocycles.